The summed E-state index contributed by atoms with van der Waals surface area (Å²) in [4.78, 5) is 0. The van der Waals surface area contributed by atoms with Crippen LogP contribution in [-0.4, -0.2) is 7.11 Å². The first-order chi connectivity index (χ1) is 14.7. The lowest BCUT2D eigenvalue weighted by atomic mass is 9.60. The van der Waals surface area contributed by atoms with Gasteiger partial charge >= 0.3 is 0 Å². The summed E-state index contributed by atoms with van der Waals surface area (Å²) in [6.45, 7) is 2.14. The van der Waals surface area contributed by atoms with Crippen LogP contribution < -0.4 is 4.74 Å². The number of halogens is 1. The van der Waals surface area contributed by atoms with Crippen LogP contribution in [0.1, 0.15) is 95.5 Å². The van der Waals surface area contributed by atoms with Gasteiger partial charge in [0.05, 0.1) is 7.11 Å². The van der Waals surface area contributed by atoms with Gasteiger partial charge in [0.25, 0.3) is 0 Å². The summed E-state index contributed by atoms with van der Waals surface area (Å²) in [5.41, 5.74) is 1.17. The standard InChI is InChI=1S/C28H41FO/c1-3-4-5-6-20-7-8-25-18-24(14-13-23(25)17-20)21-9-11-22(12-10-21)26-15-16-28(30-2)27(29)19-26/h3-4,15-16,19-25H,5-14,17-18H2,1-2H3/b4-3+. The second kappa shape index (κ2) is 10.3. The van der Waals surface area contributed by atoms with Crippen LogP contribution in [0.2, 0.25) is 0 Å². The van der Waals surface area contributed by atoms with Crippen LogP contribution in [0.25, 0.3) is 0 Å². The Hall–Kier alpha value is -1.31. The van der Waals surface area contributed by atoms with Crippen LogP contribution in [0, 0.1) is 35.4 Å². The van der Waals surface area contributed by atoms with E-state index in [1.54, 1.807) is 12.1 Å². The first-order valence-corrected chi connectivity index (χ1v) is 12.6. The molecular weight excluding hydrogens is 371 g/mol. The number of benzene rings is 1. The van der Waals surface area contributed by atoms with E-state index in [9.17, 15) is 4.39 Å². The Labute approximate surface area is 183 Å². The SMILES string of the molecule is C/C=C/CCC1CCC2CC(C3CCC(c4ccc(OC)c(F)c4)CC3)CCC2C1. The summed E-state index contributed by atoms with van der Waals surface area (Å²) in [6.07, 6.45) is 21.3. The first-order valence-electron chi connectivity index (χ1n) is 12.6. The quantitative estimate of drug-likeness (QED) is 0.427. The molecule has 1 aromatic rings. The molecule has 3 aliphatic rings. The van der Waals surface area contributed by atoms with Crippen LogP contribution in [0.4, 0.5) is 4.39 Å². The van der Waals surface area contributed by atoms with Gasteiger partial charge in [-0.3, -0.25) is 0 Å². The maximum absolute atomic E-state index is 14.1. The molecule has 0 bridgehead atoms. The molecule has 4 atom stereocenters. The summed E-state index contributed by atoms with van der Waals surface area (Å²) in [6, 6.07) is 5.59. The molecule has 0 saturated heterocycles. The molecule has 0 radical (unpaired) electrons. The fraction of sp³-hybridized carbons (Fsp3) is 0.714. The van der Waals surface area contributed by atoms with E-state index < -0.39 is 0 Å². The first kappa shape index (κ1) is 21.9. The third-order valence-electron chi connectivity index (χ3n) is 8.83. The number of rotatable bonds is 6. The second-order valence-corrected chi connectivity index (χ2v) is 10.4. The minimum atomic E-state index is -0.211. The van der Waals surface area contributed by atoms with E-state index in [0.717, 1.165) is 29.6 Å². The van der Waals surface area contributed by atoms with E-state index in [1.165, 1.54) is 89.7 Å². The van der Waals surface area contributed by atoms with E-state index >= 15 is 0 Å². The maximum atomic E-state index is 14.1. The fourth-order valence-corrected chi connectivity index (χ4v) is 7.07. The molecule has 0 spiro atoms. The zero-order chi connectivity index (χ0) is 20.9. The van der Waals surface area contributed by atoms with Gasteiger partial charge in [0.1, 0.15) is 0 Å². The highest BCUT2D eigenvalue weighted by molar-refractivity contribution is 5.31. The molecule has 0 heterocycles. The molecule has 166 valence electrons. The lowest BCUT2D eigenvalue weighted by Gasteiger charge is -2.45. The molecule has 1 aromatic carbocycles. The predicted molar refractivity (Wildman–Crippen MR) is 123 cm³/mol. The topological polar surface area (TPSA) is 9.23 Å². The van der Waals surface area contributed by atoms with Crippen molar-refractivity contribution in [1.82, 2.24) is 0 Å². The Morgan fingerprint density at radius 3 is 2.27 bits per heavy atom. The Morgan fingerprint density at radius 2 is 1.57 bits per heavy atom. The van der Waals surface area contributed by atoms with Crippen LogP contribution in [-0.2, 0) is 0 Å². The molecule has 0 N–H and O–H groups in total. The molecule has 3 aliphatic carbocycles. The molecule has 4 rings (SSSR count). The number of methoxy groups -OCH3 is 1. The average Bonchev–Trinajstić information content (AvgIpc) is 2.79. The summed E-state index contributed by atoms with van der Waals surface area (Å²) < 4.78 is 19.2. The van der Waals surface area contributed by atoms with Gasteiger partial charge in [0, 0.05) is 0 Å². The average molecular weight is 413 g/mol. The predicted octanol–water partition coefficient (Wildman–Crippen LogP) is 8.30. The van der Waals surface area contributed by atoms with Crippen LogP contribution in [0.15, 0.2) is 30.4 Å². The van der Waals surface area contributed by atoms with Crippen LogP contribution in [0.3, 0.4) is 0 Å². The second-order valence-electron chi connectivity index (χ2n) is 10.4. The van der Waals surface area contributed by atoms with Gasteiger partial charge in [-0.2, -0.15) is 0 Å². The molecule has 0 aromatic heterocycles. The Bertz CT molecular complexity index is 703. The Kier molecular flexibility index (Phi) is 7.55. The number of hydrogen-bond donors (Lipinski definition) is 0. The van der Waals surface area contributed by atoms with Crippen molar-refractivity contribution in [2.24, 2.45) is 29.6 Å². The van der Waals surface area contributed by atoms with Gasteiger partial charge in [-0.1, -0.05) is 24.6 Å². The van der Waals surface area contributed by atoms with Crippen molar-refractivity contribution >= 4 is 0 Å². The fourth-order valence-electron chi connectivity index (χ4n) is 7.07. The third kappa shape index (κ3) is 5.11. The van der Waals surface area contributed by atoms with Crippen molar-refractivity contribution in [2.75, 3.05) is 7.11 Å². The molecule has 2 heteroatoms. The van der Waals surface area contributed by atoms with Gasteiger partial charge in [0.2, 0.25) is 0 Å². The molecule has 3 fully saturated rings. The summed E-state index contributed by atoms with van der Waals surface area (Å²) in [5.74, 6) is 5.57. The zero-order valence-electron chi connectivity index (χ0n) is 19.1. The number of ether oxygens (including phenoxy) is 1. The van der Waals surface area contributed by atoms with E-state index in [-0.39, 0.29) is 5.82 Å². The molecule has 3 saturated carbocycles. The minimum Gasteiger partial charge on any atom is -0.494 e. The van der Waals surface area contributed by atoms with Gasteiger partial charge in [-0.05, 0) is 131 Å². The van der Waals surface area contributed by atoms with E-state index in [0.29, 0.717) is 11.7 Å². The number of allylic oxidation sites excluding steroid dienone is 2. The molecular formula is C28H41FO. The van der Waals surface area contributed by atoms with E-state index in [1.807, 2.05) is 0 Å². The van der Waals surface area contributed by atoms with Crippen molar-refractivity contribution in [1.29, 1.82) is 0 Å². The third-order valence-corrected chi connectivity index (χ3v) is 8.83. The van der Waals surface area contributed by atoms with E-state index in [2.05, 4.69) is 25.1 Å². The lowest BCUT2D eigenvalue weighted by Crippen LogP contribution is -2.34. The largest absolute Gasteiger partial charge is 0.494 e. The lowest BCUT2D eigenvalue weighted by molar-refractivity contribution is 0.0621. The minimum absolute atomic E-state index is 0.211. The van der Waals surface area contributed by atoms with Crippen LogP contribution in [0.5, 0.6) is 5.75 Å². The summed E-state index contributed by atoms with van der Waals surface area (Å²) in [5, 5.41) is 0. The van der Waals surface area contributed by atoms with Crippen molar-refractivity contribution in [3.63, 3.8) is 0 Å². The Balaban J connectivity index is 1.25. The molecule has 0 aliphatic heterocycles. The maximum Gasteiger partial charge on any atom is 0.165 e. The van der Waals surface area contributed by atoms with Gasteiger partial charge in [0.15, 0.2) is 11.6 Å². The van der Waals surface area contributed by atoms with Crippen molar-refractivity contribution in [3.05, 3.63) is 41.7 Å². The van der Waals surface area contributed by atoms with Gasteiger partial charge < -0.3 is 4.74 Å². The van der Waals surface area contributed by atoms with Crippen molar-refractivity contribution in [3.8, 4) is 5.75 Å². The number of fused-ring (bicyclic) bond motifs is 1. The van der Waals surface area contributed by atoms with Gasteiger partial charge in [-0.25, -0.2) is 4.39 Å². The molecule has 1 nitrogen and oxygen atoms in total. The normalized spacial score (nSPS) is 34.6. The van der Waals surface area contributed by atoms with Gasteiger partial charge in [-0.15, -0.1) is 0 Å². The Morgan fingerprint density at radius 1 is 0.900 bits per heavy atom. The van der Waals surface area contributed by atoms with Crippen molar-refractivity contribution < 1.29 is 9.13 Å². The molecule has 30 heavy (non-hydrogen) atoms. The number of hydrogen-bond acceptors (Lipinski definition) is 1. The van der Waals surface area contributed by atoms with Crippen molar-refractivity contribution in [2.45, 2.75) is 89.9 Å². The highest BCUT2D eigenvalue weighted by atomic mass is 19.1. The zero-order valence-corrected chi connectivity index (χ0v) is 19.1. The highest BCUT2D eigenvalue weighted by Crippen LogP contribution is 2.50. The molecule has 4 unspecified atom stereocenters. The summed E-state index contributed by atoms with van der Waals surface area (Å²) in [7, 11) is 1.54. The molecule has 0 amide bonds. The smallest absolute Gasteiger partial charge is 0.165 e. The monoisotopic (exact) mass is 412 g/mol. The van der Waals surface area contributed by atoms with Crippen LogP contribution >= 0.6 is 0 Å². The van der Waals surface area contributed by atoms with E-state index in [4.69, 9.17) is 4.74 Å². The summed E-state index contributed by atoms with van der Waals surface area (Å²) >= 11 is 0. The highest BCUT2D eigenvalue weighted by Gasteiger charge is 2.38.